The van der Waals surface area contributed by atoms with E-state index in [1.54, 1.807) is 48.5 Å². The Morgan fingerprint density at radius 1 is 1.00 bits per heavy atom. The number of ether oxygens (including phenoxy) is 1. The number of H-pyrrole nitrogens is 1. The van der Waals surface area contributed by atoms with Crippen molar-refractivity contribution in [2.45, 2.75) is 6.54 Å². The van der Waals surface area contributed by atoms with E-state index in [4.69, 9.17) is 4.74 Å². The fourth-order valence-corrected chi connectivity index (χ4v) is 3.36. The Balaban J connectivity index is 1.73. The van der Waals surface area contributed by atoms with Crippen LogP contribution in [0.5, 0.6) is 17.4 Å². The first-order chi connectivity index (χ1) is 15.0. The van der Waals surface area contributed by atoms with E-state index in [1.807, 2.05) is 0 Å². The minimum atomic E-state index is -0.421. The van der Waals surface area contributed by atoms with Gasteiger partial charge >= 0.3 is 0 Å². The number of nitrogens with one attached hydrogen (secondary N) is 1. The highest BCUT2D eigenvalue weighted by atomic mass is 19.1. The van der Waals surface area contributed by atoms with E-state index in [0.29, 0.717) is 22.1 Å². The summed E-state index contributed by atoms with van der Waals surface area (Å²) in [4.78, 5) is 19.1. The van der Waals surface area contributed by atoms with Gasteiger partial charge in [-0.25, -0.2) is 4.39 Å². The number of phenols is 1. The van der Waals surface area contributed by atoms with Crippen molar-refractivity contribution in [3.05, 3.63) is 88.0 Å². The van der Waals surface area contributed by atoms with E-state index in [1.165, 1.54) is 25.5 Å². The zero-order valence-electron chi connectivity index (χ0n) is 16.6. The van der Waals surface area contributed by atoms with E-state index in [2.05, 4.69) is 9.98 Å². The number of pyridine rings is 1. The second kappa shape index (κ2) is 8.31. The quantitative estimate of drug-likeness (QED) is 0.420. The van der Waals surface area contributed by atoms with Crippen LogP contribution in [-0.4, -0.2) is 28.5 Å². The van der Waals surface area contributed by atoms with Crippen LogP contribution in [0.25, 0.3) is 21.9 Å². The van der Waals surface area contributed by atoms with Gasteiger partial charge in [0, 0.05) is 17.0 Å². The summed E-state index contributed by atoms with van der Waals surface area (Å²) in [6.45, 7) is 0.245. The molecule has 1 aromatic heterocycles. The Bertz CT molecular complexity index is 1340. The highest BCUT2D eigenvalue weighted by molar-refractivity contribution is 6.02. The summed E-state index contributed by atoms with van der Waals surface area (Å²) in [6, 6.07) is 16.2. The molecule has 3 aromatic carbocycles. The van der Waals surface area contributed by atoms with Gasteiger partial charge in [-0.3, -0.25) is 14.8 Å². The van der Waals surface area contributed by atoms with Crippen LogP contribution in [0.4, 0.5) is 4.39 Å². The first kappa shape index (κ1) is 20.2. The van der Waals surface area contributed by atoms with Crippen LogP contribution in [0.3, 0.4) is 0 Å². The van der Waals surface area contributed by atoms with E-state index in [-0.39, 0.29) is 24.0 Å². The van der Waals surface area contributed by atoms with E-state index < -0.39 is 5.56 Å². The fourth-order valence-electron chi connectivity index (χ4n) is 3.36. The number of methoxy groups -OCH3 is 1. The Morgan fingerprint density at radius 2 is 1.74 bits per heavy atom. The van der Waals surface area contributed by atoms with Gasteiger partial charge in [-0.1, -0.05) is 24.3 Å². The number of hydrogen-bond acceptors (Lipinski definition) is 5. The van der Waals surface area contributed by atoms with Crippen LogP contribution in [0, 0.1) is 5.82 Å². The second-order valence-electron chi connectivity index (χ2n) is 6.96. The molecule has 3 N–H and O–H groups in total. The molecule has 31 heavy (non-hydrogen) atoms. The maximum Gasteiger partial charge on any atom is 0.258 e. The van der Waals surface area contributed by atoms with Gasteiger partial charge in [0.2, 0.25) is 5.88 Å². The topological polar surface area (TPSA) is 94.9 Å². The molecule has 156 valence electrons. The van der Waals surface area contributed by atoms with Crippen molar-refractivity contribution in [1.82, 2.24) is 4.98 Å². The largest absolute Gasteiger partial charge is 0.504 e. The summed E-state index contributed by atoms with van der Waals surface area (Å²) in [5, 5.41) is 21.2. The van der Waals surface area contributed by atoms with Crippen molar-refractivity contribution in [2.75, 3.05) is 7.11 Å². The maximum atomic E-state index is 13.3. The minimum Gasteiger partial charge on any atom is -0.504 e. The number of rotatable bonds is 5. The van der Waals surface area contributed by atoms with Crippen LogP contribution in [0.15, 0.2) is 70.5 Å². The van der Waals surface area contributed by atoms with Gasteiger partial charge in [0.25, 0.3) is 5.56 Å². The Morgan fingerprint density at radius 3 is 2.45 bits per heavy atom. The number of benzene rings is 3. The SMILES string of the molecule is COc1ccc(CN=Cc2c(O)[nH]c(=O)c3ccc(-c4ccc(F)cc4)cc23)cc1O. The summed E-state index contributed by atoms with van der Waals surface area (Å²) >= 11 is 0. The van der Waals surface area contributed by atoms with E-state index in [0.717, 1.165) is 16.7 Å². The summed E-state index contributed by atoms with van der Waals surface area (Å²) in [5.41, 5.74) is 2.23. The van der Waals surface area contributed by atoms with Gasteiger partial charge in [-0.05, 0) is 53.1 Å². The van der Waals surface area contributed by atoms with Gasteiger partial charge in [-0.2, -0.15) is 0 Å². The van der Waals surface area contributed by atoms with Gasteiger partial charge < -0.3 is 14.9 Å². The van der Waals surface area contributed by atoms with Gasteiger partial charge in [0.15, 0.2) is 11.5 Å². The normalized spacial score (nSPS) is 11.3. The molecule has 0 saturated heterocycles. The third-order valence-electron chi connectivity index (χ3n) is 4.96. The molecule has 0 amide bonds. The second-order valence-corrected chi connectivity index (χ2v) is 6.96. The molecule has 4 rings (SSSR count). The lowest BCUT2D eigenvalue weighted by Gasteiger charge is -2.08. The molecular formula is C24H19FN2O4. The van der Waals surface area contributed by atoms with Crippen LogP contribution in [0.1, 0.15) is 11.1 Å². The molecule has 0 aliphatic rings. The fraction of sp³-hybridized carbons (Fsp3) is 0.0833. The molecule has 0 atom stereocenters. The van der Waals surface area contributed by atoms with Gasteiger partial charge in [-0.15, -0.1) is 0 Å². The molecule has 7 heteroatoms. The molecule has 6 nitrogen and oxygen atoms in total. The lowest BCUT2D eigenvalue weighted by molar-refractivity contribution is 0.373. The van der Waals surface area contributed by atoms with Crippen molar-refractivity contribution < 1.29 is 19.3 Å². The number of halogens is 1. The predicted octanol–water partition coefficient (Wildman–Crippen LogP) is 4.37. The molecular weight excluding hydrogens is 399 g/mol. The number of aromatic hydroxyl groups is 2. The molecule has 4 aromatic rings. The van der Waals surface area contributed by atoms with Crippen molar-refractivity contribution in [2.24, 2.45) is 4.99 Å². The number of hydrogen-bond donors (Lipinski definition) is 3. The smallest absolute Gasteiger partial charge is 0.258 e. The number of nitrogens with zero attached hydrogens (tertiary/aromatic N) is 1. The third kappa shape index (κ3) is 4.11. The summed E-state index contributed by atoms with van der Waals surface area (Å²) in [7, 11) is 1.47. The van der Waals surface area contributed by atoms with Gasteiger partial charge in [0.1, 0.15) is 5.82 Å². The summed E-state index contributed by atoms with van der Waals surface area (Å²) < 4.78 is 18.3. The van der Waals surface area contributed by atoms with Crippen LogP contribution in [0.2, 0.25) is 0 Å². The lowest BCUT2D eigenvalue weighted by Crippen LogP contribution is -2.08. The third-order valence-corrected chi connectivity index (χ3v) is 4.96. The summed E-state index contributed by atoms with van der Waals surface area (Å²) in [5.74, 6) is -0.257. The molecule has 0 bridgehead atoms. The first-order valence-electron chi connectivity index (χ1n) is 9.47. The van der Waals surface area contributed by atoms with Crippen LogP contribution in [-0.2, 0) is 6.54 Å². The van der Waals surface area contributed by atoms with Crippen molar-refractivity contribution >= 4 is 17.0 Å². The van der Waals surface area contributed by atoms with Crippen LogP contribution >= 0.6 is 0 Å². The molecule has 0 saturated carbocycles. The number of aromatic nitrogens is 1. The lowest BCUT2D eigenvalue weighted by atomic mass is 9.99. The standard InChI is InChI=1S/C24H19FN2O4/c1-31-22-9-2-14(10-21(22)28)12-26-13-20-19-11-16(15-3-6-17(25)7-4-15)5-8-18(19)23(29)27-24(20)30/h2-11,13,28H,12H2,1H3,(H2,27,29,30). The molecule has 0 fully saturated rings. The Labute approximate surface area is 176 Å². The highest BCUT2D eigenvalue weighted by Crippen LogP contribution is 2.28. The number of aromatic amines is 1. The zero-order valence-corrected chi connectivity index (χ0v) is 16.6. The minimum absolute atomic E-state index is 0.0106. The van der Waals surface area contributed by atoms with E-state index >= 15 is 0 Å². The van der Waals surface area contributed by atoms with Crippen molar-refractivity contribution in [1.29, 1.82) is 0 Å². The van der Waals surface area contributed by atoms with Crippen LogP contribution < -0.4 is 10.3 Å². The Hall–Kier alpha value is -4.13. The molecule has 0 unspecified atom stereocenters. The number of aliphatic imine (C=N–C) groups is 1. The monoisotopic (exact) mass is 418 g/mol. The van der Waals surface area contributed by atoms with Gasteiger partial charge in [0.05, 0.1) is 19.2 Å². The average Bonchev–Trinajstić information content (AvgIpc) is 2.76. The molecule has 0 radical (unpaired) electrons. The maximum absolute atomic E-state index is 13.3. The molecule has 0 spiro atoms. The zero-order chi connectivity index (χ0) is 22.0. The van der Waals surface area contributed by atoms with E-state index in [9.17, 15) is 19.4 Å². The Kier molecular flexibility index (Phi) is 5.41. The average molecular weight is 418 g/mol. The number of phenolic OH excluding ortho intramolecular Hbond substituents is 1. The van der Waals surface area contributed by atoms with Crippen molar-refractivity contribution in [3.63, 3.8) is 0 Å². The van der Waals surface area contributed by atoms with Crippen molar-refractivity contribution in [3.8, 4) is 28.5 Å². The molecule has 0 aliphatic heterocycles. The highest BCUT2D eigenvalue weighted by Gasteiger charge is 2.11. The molecule has 0 aliphatic carbocycles. The predicted molar refractivity (Wildman–Crippen MR) is 118 cm³/mol. The first-order valence-corrected chi connectivity index (χ1v) is 9.47. The molecule has 1 heterocycles. The summed E-state index contributed by atoms with van der Waals surface area (Å²) in [6.07, 6.45) is 1.48. The number of fused-ring (bicyclic) bond motifs is 1.